The molecule has 0 aliphatic heterocycles. The molecule has 0 aliphatic rings. The van der Waals surface area contributed by atoms with E-state index in [-0.39, 0.29) is 18.2 Å². The highest BCUT2D eigenvalue weighted by molar-refractivity contribution is 6.21. The van der Waals surface area contributed by atoms with Crippen molar-refractivity contribution in [2.75, 3.05) is 0 Å². The van der Waals surface area contributed by atoms with Crippen molar-refractivity contribution in [1.29, 1.82) is 0 Å². The average Bonchev–Trinajstić information content (AvgIpc) is 2.91. The summed E-state index contributed by atoms with van der Waals surface area (Å²) in [5, 5.41) is -4.26. The predicted octanol–water partition coefficient (Wildman–Crippen LogP) is 10.0. The third-order valence-corrected chi connectivity index (χ3v) is 6.38. The third kappa shape index (κ3) is 4.04. The Morgan fingerprint density at radius 1 is 0.357 bits per heavy atom. The van der Waals surface area contributed by atoms with E-state index in [0.717, 1.165) is 0 Å². The second-order valence-electron chi connectivity index (χ2n) is 8.70. The lowest BCUT2D eigenvalue weighted by Crippen LogP contribution is -2.16. The summed E-state index contributed by atoms with van der Waals surface area (Å²) in [6, 6.07) is 1.32. The summed E-state index contributed by atoms with van der Waals surface area (Å²) in [5.74, 6) is -29.4. The number of alkyl halides is 3. The van der Waals surface area contributed by atoms with E-state index in [4.69, 9.17) is 0 Å². The Balaban J connectivity index is 2.13. The molecule has 42 heavy (non-hydrogen) atoms. The topological polar surface area (TPSA) is 0 Å². The molecule has 5 rings (SSSR count). The van der Waals surface area contributed by atoms with Gasteiger partial charge >= 0.3 is 6.18 Å². The number of fused-ring (bicyclic) bond motifs is 2. The van der Waals surface area contributed by atoms with E-state index in [1.807, 2.05) is 0 Å². The zero-order valence-corrected chi connectivity index (χ0v) is 19.6. The summed E-state index contributed by atoms with van der Waals surface area (Å²) in [7, 11) is 0. The molecule has 0 fully saturated rings. The molecule has 0 saturated heterocycles. The average molecular weight is 614 g/mol. The van der Waals surface area contributed by atoms with Crippen LogP contribution in [0.25, 0.3) is 43.8 Å². The lowest BCUT2D eigenvalue weighted by Gasteiger charge is -2.21. The van der Waals surface area contributed by atoms with Crippen molar-refractivity contribution in [3.05, 3.63) is 106 Å². The van der Waals surface area contributed by atoms with E-state index in [1.54, 1.807) is 0 Å². The summed E-state index contributed by atoms with van der Waals surface area (Å²) >= 11 is 0. The van der Waals surface area contributed by atoms with E-state index >= 15 is 8.78 Å². The molecule has 5 aromatic rings. The molecule has 0 N–H and O–H groups in total. The second kappa shape index (κ2) is 9.56. The molecular formula is C27H5F15. The monoisotopic (exact) mass is 614 g/mol. The third-order valence-electron chi connectivity index (χ3n) is 6.38. The van der Waals surface area contributed by atoms with Crippen molar-refractivity contribution in [2.45, 2.75) is 6.18 Å². The van der Waals surface area contributed by atoms with Crippen LogP contribution in [-0.4, -0.2) is 0 Å². The molecule has 0 bridgehead atoms. The smallest absolute Gasteiger partial charge is 0.207 e. The first-order chi connectivity index (χ1) is 19.5. The summed E-state index contributed by atoms with van der Waals surface area (Å²) in [6.07, 6.45) is -5.99. The molecule has 5 aromatic carbocycles. The maximum Gasteiger partial charge on any atom is 0.422 e. The van der Waals surface area contributed by atoms with E-state index in [0.29, 0.717) is 12.1 Å². The van der Waals surface area contributed by atoms with E-state index in [2.05, 4.69) is 0 Å². The van der Waals surface area contributed by atoms with Gasteiger partial charge in [0, 0.05) is 11.1 Å². The standard InChI is InChI=1S/C27H5F15/c28-6-1-2-7-8(3-6)14(16-18(31)22(35)17(27(40,41)42)23(36)19(16)32)10-5-12(30)11(29)4-9(10)13(7)15-20(33)24(37)26(39)25(38)21(15)34/h1-5H. The minimum Gasteiger partial charge on any atom is -0.207 e. The fraction of sp³-hybridized carbons (Fsp3) is 0.0370. The first-order valence-corrected chi connectivity index (χ1v) is 11.0. The van der Waals surface area contributed by atoms with E-state index < -0.39 is 125 Å². The van der Waals surface area contributed by atoms with Gasteiger partial charge in [-0.15, -0.1) is 0 Å². The molecule has 0 amide bonds. The molecule has 218 valence electrons. The van der Waals surface area contributed by atoms with Gasteiger partial charge in [-0.25, -0.2) is 52.7 Å². The van der Waals surface area contributed by atoms with Crippen LogP contribution in [0.15, 0.2) is 30.3 Å². The Kier molecular flexibility index (Phi) is 6.62. The van der Waals surface area contributed by atoms with Crippen LogP contribution in [0.4, 0.5) is 65.9 Å². The summed E-state index contributed by atoms with van der Waals surface area (Å²) in [5.41, 5.74) is -9.39. The molecule has 0 saturated carbocycles. The van der Waals surface area contributed by atoms with Gasteiger partial charge in [-0.1, -0.05) is 6.07 Å². The van der Waals surface area contributed by atoms with Gasteiger partial charge in [0.25, 0.3) is 0 Å². The minimum atomic E-state index is -5.99. The number of hydrogen-bond donors (Lipinski definition) is 0. The van der Waals surface area contributed by atoms with Gasteiger partial charge < -0.3 is 0 Å². The van der Waals surface area contributed by atoms with Crippen LogP contribution in [0.2, 0.25) is 0 Å². The minimum absolute atomic E-state index is 0.00620. The molecule has 0 aromatic heterocycles. The fourth-order valence-corrected chi connectivity index (χ4v) is 4.66. The van der Waals surface area contributed by atoms with Crippen molar-refractivity contribution >= 4 is 21.5 Å². The molecule has 0 nitrogen and oxygen atoms in total. The van der Waals surface area contributed by atoms with Crippen molar-refractivity contribution < 1.29 is 65.9 Å². The Morgan fingerprint density at radius 2 is 0.714 bits per heavy atom. The van der Waals surface area contributed by atoms with Gasteiger partial charge in [0.15, 0.2) is 58.2 Å². The number of halogens is 15. The molecular weight excluding hydrogens is 609 g/mol. The lowest BCUT2D eigenvalue weighted by atomic mass is 9.84. The highest BCUT2D eigenvalue weighted by atomic mass is 19.4. The summed E-state index contributed by atoms with van der Waals surface area (Å²) < 4.78 is 214. The van der Waals surface area contributed by atoms with Gasteiger partial charge in [-0.2, -0.15) is 13.2 Å². The van der Waals surface area contributed by atoms with Crippen molar-refractivity contribution in [3.63, 3.8) is 0 Å². The van der Waals surface area contributed by atoms with Crippen LogP contribution in [0.5, 0.6) is 0 Å². The van der Waals surface area contributed by atoms with Crippen LogP contribution >= 0.6 is 0 Å². The molecule has 0 aliphatic carbocycles. The first-order valence-electron chi connectivity index (χ1n) is 11.0. The van der Waals surface area contributed by atoms with Crippen LogP contribution in [0, 0.1) is 69.8 Å². The van der Waals surface area contributed by atoms with Gasteiger partial charge in [0.2, 0.25) is 5.82 Å². The highest BCUT2D eigenvalue weighted by Gasteiger charge is 2.43. The van der Waals surface area contributed by atoms with Gasteiger partial charge in [0.05, 0.1) is 11.1 Å². The first kappa shape index (κ1) is 29.1. The molecule has 15 heteroatoms. The van der Waals surface area contributed by atoms with Gasteiger partial charge in [-0.3, -0.25) is 0 Å². The SMILES string of the molecule is Fc1ccc2c(-c3c(F)c(F)c(F)c(F)c3F)c3cc(F)c(F)cc3c(-c3c(F)c(F)c(C(F)(F)F)c(F)c3F)c2c1. The Morgan fingerprint density at radius 3 is 1.14 bits per heavy atom. The van der Waals surface area contributed by atoms with Crippen molar-refractivity contribution in [1.82, 2.24) is 0 Å². The maximum atomic E-state index is 15.2. The maximum absolute atomic E-state index is 15.2. The van der Waals surface area contributed by atoms with Gasteiger partial charge in [-0.05, 0) is 45.8 Å². The molecule has 0 atom stereocenters. The number of benzene rings is 5. The van der Waals surface area contributed by atoms with Crippen molar-refractivity contribution in [2.24, 2.45) is 0 Å². The van der Waals surface area contributed by atoms with Gasteiger partial charge in [0.1, 0.15) is 11.4 Å². The van der Waals surface area contributed by atoms with Crippen LogP contribution in [0.3, 0.4) is 0 Å². The number of rotatable bonds is 2. The lowest BCUT2D eigenvalue weighted by molar-refractivity contribution is -0.143. The summed E-state index contributed by atoms with van der Waals surface area (Å²) in [6.45, 7) is 0. The second-order valence-corrected chi connectivity index (χ2v) is 8.70. The van der Waals surface area contributed by atoms with E-state index in [9.17, 15) is 57.1 Å². The predicted molar refractivity (Wildman–Crippen MR) is 117 cm³/mol. The molecule has 0 heterocycles. The Bertz CT molecular complexity index is 1930. The highest BCUT2D eigenvalue weighted by Crippen LogP contribution is 2.49. The summed E-state index contributed by atoms with van der Waals surface area (Å²) in [4.78, 5) is 0. The number of hydrogen-bond acceptors (Lipinski definition) is 0. The zero-order valence-electron chi connectivity index (χ0n) is 19.6. The van der Waals surface area contributed by atoms with Crippen LogP contribution in [0.1, 0.15) is 5.56 Å². The Labute approximate surface area is 222 Å². The Hall–Kier alpha value is -4.43. The molecule has 0 unspecified atom stereocenters. The zero-order chi connectivity index (χ0) is 31.2. The normalized spacial score (nSPS) is 12.2. The van der Waals surface area contributed by atoms with Crippen LogP contribution < -0.4 is 0 Å². The molecule has 0 spiro atoms. The molecule has 0 radical (unpaired) electrons. The van der Waals surface area contributed by atoms with E-state index in [1.165, 1.54) is 0 Å². The quantitative estimate of drug-likeness (QED) is 0.0804. The fourth-order valence-electron chi connectivity index (χ4n) is 4.66. The largest absolute Gasteiger partial charge is 0.422 e. The van der Waals surface area contributed by atoms with Crippen molar-refractivity contribution in [3.8, 4) is 22.3 Å². The van der Waals surface area contributed by atoms with Crippen LogP contribution in [-0.2, 0) is 6.18 Å².